The monoisotopic (exact) mass is 414 g/mol. The molecular formula is C20H23FN6OS. The SMILES string of the molecule is Cc1nn(C)c2cc(-c3nc(N[C@@H]4CCCC[C@@H]4N)c(F)c4c3C(=O)NC4)sc12. The first-order valence-corrected chi connectivity index (χ1v) is 10.7. The first-order chi connectivity index (χ1) is 13.9. The van der Waals surface area contributed by atoms with Crippen molar-refractivity contribution >= 4 is 33.3 Å². The lowest BCUT2D eigenvalue weighted by atomic mass is 9.91. The maximum absolute atomic E-state index is 15.2. The smallest absolute Gasteiger partial charge is 0.254 e. The number of carbonyl (C=O) groups is 1. The molecule has 2 atom stereocenters. The van der Waals surface area contributed by atoms with Gasteiger partial charge < -0.3 is 16.4 Å². The number of fused-ring (bicyclic) bond motifs is 2. The van der Waals surface area contributed by atoms with Gasteiger partial charge in [0.2, 0.25) is 0 Å². The Hall–Kier alpha value is -2.52. The molecule has 4 N–H and O–H groups in total. The normalized spacial score (nSPS) is 21.4. The summed E-state index contributed by atoms with van der Waals surface area (Å²) in [5.41, 5.74) is 9.37. The molecule has 29 heavy (non-hydrogen) atoms. The molecule has 3 aromatic rings. The van der Waals surface area contributed by atoms with Gasteiger partial charge in [0.25, 0.3) is 5.91 Å². The first-order valence-electron chi connectivity index (χ1n) is 9.90. The molecule has 1 amide bonds. The van der Waals surface area contributed by atoms with E-state index in [0.29, 0.717) is 16.8 Å². The molecule has 1 fully saturated rings. The summed E-state index contributed by atoms with van der Waals surface area (Å²) in [6, 6.07) is 1.93. The number of carbonyl (C=O) groups excluding carboxylic acids is 1. The number of hydrogen-bond acceptors (Lipinski definition) is 6. The maximum atomic E-state index is 15.2. The minimum atomic E-state index is -0.459. The van der Waals surface area contributed by atoms with Crippen molar-refractivity contribution in [3.05, 3.63) is 28.7 Å². The lowest BCUT2D eigenvalue weighted by Gasteiger charge is -2.30. The average Bonchev–Trinajstić information content (AvgIpc) is 3.36. The lowest BCUT2D eigenvalue weighted by molar-refractivity contribution is 0.0966. The molecule has 0 radical (unpaired) electrons. The summed E-state index contributed by atoms with van der Waals surface area (Å²) >= 11 is 1.53. The Morgan fingerprint density at radius 1 is 1.38 bits per heavy atom. The number of pyridine rings is 1. The molecule has 2 aliphatic rings. The van der Waals surface area contributed by atoms with Gasteiger partial charge in [0, 0.05) is 31.2 Å². The zero-order valence-corrected chi connectivity index (χ0v) is 17.2. The number of halogens is 1. The number of aromatic nitrogens is 3. The number of amides is 1. The van der Waals surface area contributed by atoms with Crippen LogP contribution < -0.4 is 16.4 Å². The van der Waals surface area contributed by atoms with Crippen LogP contribution >= 0.6 is 11.3 Å². The molecule has 0 saturated heterocycles. The van der Waals surface area contributed by atoms with Gasteiger partial charge in [-0.3, -0.25) is 9.48 Å². The second kappa shape index (κ2) is 6.77. The maximum Gasteiger partial charge on any atom is 0.254 e. The van der Waals surface area contributed by atoms with E-state index in [9.17, 15) is 4.79 Å². The molecule has 0 unspecified atom stereocenters. The van der Waals surface area contributed by atoms with Crippen LogP contribution in [0.25, 0.3) is 20.8 Å². The van der Waals surface area contributed by atoms with Crippen molar-refractivity contribution in [2.24, 2.45) is 12.8 Å². The number of hydrogen-bond donors (Lipinski definition) is 3. The van der Waals surface area contributed by atoms with E-state index in [1.165, 1.54) is 11.3 Å². The molecule has 0 spiro atoms. The van der Waals surface area contributed by atoms with E-state index in [4.69, 9.17) is 5.73 Å². The zero-order valence-electron chi connectivity index (χ0n) is 16.4. The highest BCUT2D eigenvalue weighted by molar-refractivity contribution is 7.22. The van der Waals surface area contributed by atoms with Crippen LogP contribution in [0, 0.1) is 12.7 Å². The van der Waals surface area contributed by atoms with Crippen molar-refractivity contribution in [2.75, 3.05) is 5.32 Å². The third-order valence-electron chi connectivity index (χ3n) is 5.95. The summed E-state index contributed by atoms with van der Waals surface area (Å²) in [5, 5.41) is 10.4. The lowest BCUT2D eigenvalue weighted by Crippen LogP contribution is -2.43. The number of nitrogens with zero attached hydrogens (tertiary/aromatic N) is 3. The van der Waals surface area contributed by atoms with Gasteiger partial charge in [-0.1, -0.05) is 12.8 Å². The van der Waals surface area contributed by atoms with E-state index < -0.39 is 5.82 Å². The first kappa shape index (κ1) is 18.5. The highest BCUT2D eigenvalue weighted by Crippen LogP contribution is 2.39. The van der Waals surface area contributed by atoms with Crippen LogP contribution in [-0.4, -0.2) is 32.8 Å². The van der Waals surface area contributed by atoms with Gasteiger partial charge in [0.15, 0.2) is 11.6 Å². The van der Waals surface area contributed by atoms with E-state index in [2.05, 4.69) is 20.7 Å². The Bertz CT molecular complexity index is 1100. The van der Waals surface area contributed by atoms with Crippen molar-refractivity contribution in [2.45, 2.75) is 51.2 Å². The van der Waals surface area contributed by atoms with Crippen LogP contribution in [-0.2, 0) is 13.6 Å². The number of thiophene rings is 1. The van der Waals surface area contributed by atoms with Crippen molar-refractivity contribution < 1.29 is 9.18 Å². The molecule has 1 aliphatic heterocycles. The zero-order chi connectivity index (χ0) is 20.3. The summed E-state index contributed by atoms with van der Waals surface area (Å²) in [6.07, 6.45) is 3.96. The fourth-order valence-electron chi connectivity index (χ4n) is 4.39. The van der Waals surface area contributed by atoms with Crippen LogP contribution in [0.5, 0.6) is 0 Å². The van der Waals surface area contributed by atoms with E-state index in [1.807, 2.05) is 24.7 Å². The molecular weight excluding hydrogens is 391 g/mol. The van der Waals surface area contributed by atoms with Crippen LogP contribution in [0.15, 0.2) is 6.07 Å². The molecule has 0 aromatic carbocycles. The third-order valence-corrected chi connectivity index (χ3v) is 7.19. The van der Waals surface area contributed by atoms with Crippen LogP contribution in [0.1, 0.15) is 47.3 Å². The molecule has 1 aliphatic carbocycles. The minimum Gasteiger partial charge on any atom is -0.363 e. The van der Waals surface area contributed by atoms with Crippen LogP contribution in [0.4, 0.5) is 10.2 Å². The summed E-state index contributed by atoms with van der Waals surface area (Å²) < 4.78 is 18.1. The van der Waals surface area contributed by atoms with Gasteiger partial charge in [0.1, 0.15) is 0 Å². The van der Waals surface area contributed by atoms with E-state index in [1.54, 1.807) is 0 Å². The molecule has 152 valence electrons. The summed E-state index contributed by atoms with van der Waals surface area (Å²) in [5.74, 6) is -0.557. The van der Waals surface area contributed by atoms with Crippen molar-refractivity contribution in [1.29, 1.82) is 0 Å². The average molecular weight is 415 g/mol. The Labute approximate surface area is 171 Å². The van der Waals surface area contributed by atoms with Gasteiger partial charge in [-0.25, -0.2) is 9.37 Å². The number of nitrogens with one attached hydrogen (secondary N) is 2. The highest BCUT2D eigenvalue weighted by atomic mass is 32.1. The number of rotatable bonds is 3. The molecule has 5 rings (SSSR count). The van der Waals surface area contributed by atoms with Crippen molar-refractivity contribution in [3.8, 4) is 10.6 Å². The summed E-state index contributed by atoms with van der Waals surface area (Å²) in [6.45, 7) is 2.13. The largest absolute Gasteiger partial charge is 0.363 e. The predicted molar refractivity (Wildman–Crippen MR) is 112 cm³/mol. The molecule has 9 heteroatoms. The van der Waals surface area contributed by atoms with Crippen LogP contribution in [0.3, 0.4) is 0 Å². The molecule has 7 nitrogen and oxygen atoms in total. The number of nitrogens with two attached hydrogens (primary N) is 1. The van der Waals surface area contributed by atoms with Crippen molar-refractivity contribution in [1.82, 2.24) is 20.1 Å². The highest BCUT2D eigenvalue weighted by Gasteiger charge is 2.32. The second-order valence-electron chi connectivity index (χ2n) is 7.89. The topological polar surface area (TPSA) is 97.9 Å². The molecule has 3 aromatic heterocycles. The van der Waals surface area contributed by atoms with Gasteiger partial charge in [0.05, 0.1) is 32.0 Å². The van der Waals surface area contributed by atoms with Gasteiger partial charge in [-0.15, -0.1) is 11.3 Å². The molecule has 0 bridgehead atoms. The number of anilines is 1. The minimum absolute atomic E-state index is 0.0180. The second-order valence-corrected chi connectivity index (χ2v) is 8.94. The Balaban J connectivity index is 1.64. The van der Waals surface area contributed by atoms with Gasteiger partial charge in [-0.2, -0.15) is 5.10 Å². The van der Waals surface area contributed by atoms with Crippen molar-refractivity contribution in [3.63, 3.8) is 0 Å². The number of aryl methyl sites for hydroxylation is 2. The standard InChI is InChI=1S/C20H23FN6OS/c1-9-18-13(27(2)26-9)7-14(29-18)17-15-10(8-23-20(15)28)16(21)19(25-17)24-12-6-4-3-5-11(12)22/h7,11-12H,3-6,8,22H2,1-2H3,(H,23,28)(H,24,25)/t11-,12+/m0/s1. The van der Waals surface area contributed by atoms with E-state index in [-0.39, 0.29) is 30.4 Å². The van der Waals surface area contributed by atoms with E-state index >= 15 is 4.39 Å². The molecule has 1 saturated carbocycles. The third kappa shape index (κ3) is 2.91. The fourth-order valence-corrected chi connectivity index (χ4v) is 5.51. The summed E-state index contributed by atoms with van der Waals surface area (Å²) in [4.78, 5) is 17.9. The molecule has 4 heterocycles. The van der Waals surface area contributed by atoms with Gasteiger partial charge >= 0.3 is 0 Å². The fraction of sp³-hybridized carbons (Fsp3) is 0.450. The quantitative estimate of drug-likeness (QED) is 0.612. The van der Waals surface area contributed by atoms with E-state index in [0.717, 1.165) is 46.5 Å². The Kier molecular flexibility index (Phi) is 4.32. The Morgan fingerprint density at radius 2 is 2.17 bits per heavy atom. The van der Waals surface area contributed by atoms with Gasteiger partial charge in [-0.05, 0) is 25.8 Å². The summed E-state index contributed by atoms with van der Waals surface area (Å²) in [7, 11) is 1.89. The van der Waals surface area contributed by atoms with Crippen LogP contribution in [0.2, 0.25) is 0 Å². The Morgan fingerprint density at radius 3 is 2.93 bits per heavy atom. The predicted octanol–water partition coefficient (Wildman–Crippen LogP) is 3.07.